The van der Waals surface area contributed by atoms with Gasteiger partial charge in [-0.05, 0) is 62.7 Å². The Bertz CT molecular complexity index is 626. The van der Waals surface area contributed by atoms with Crippen LogP contribution >= 0.6 is 12.4 Å². The van der Waals surface area contributed by atoms with E-state index in [1.54, 1.807) is 6.07 Å². The van der Waals surface area contributed by atoms with Gasteiger partial charge in [0.1, 0.15) is 0 Å². The van der Waals surface area contributed by atoms with E-state index in [-0.39, 0.29) is 23.7 Å². The van der Waals surface area contributed by atoms with Crippen LogP contribution < -0.4 is 10.6 Å². The van der Waals surface area contributed by atoms with Crippen LogP contribution in [0.25, 0.3) is 0 Å². The van der Waals surface area contributed by atoms with E-state index in [1.165, 1.54) is 12.1 Å². The normalized spacial score (nSPS) is 19.7. The molecular weight excluding hydrogens is 377 g/mol. The van der Waals surface area contributed by atoms with Crippen LogP contribution in [-0.2, 0) is 16.4 Å². The summed E-state index contributed by atoms with van der Waals surface area (Å²) in [4.78, 5) is 12.2. The number of carbonyl (C=O) groups is 1. The van der Waals surface area contributed by atoms with E-state index in [2.05, 4.69) is 10.6 Å². The van der Waals surface area contributed by atoms with Gasteiger partial charge >= 0.3 is 6.18 Å². The van der Waals surface area contributed by atoms with Crippen LogP contribution in [0.5, 0.6) is 0 Å². The van der Waals surface area contributed by atoms with Crippen molar-refractivity contribution in [2.24, 2.45) is 5.92 Å². The third-order valence-corrected chi connectivity index (χ3v) is 5.98. The van der Waals surface area contributed by atoms with Crippen LogP contribution in [0.2, 0.25) is 0 Å². The lowest BCUT2D eigenvalue weighted by molar-refractivity contribution is -0.137. The molecule has 0 atom stereocenters. The highest BCUT2D eigenvalue weighted by Gasteiger charge is 2.40. The highest BCUT2D eigenvalue weighted by Crippen LogP contribution is 2.44. The van der Waals surface area contributed by atoms with Gasteiger partial charge in [0.15, 0.2) is 0 Å². The fraction of sp³-hybridized carbons (Fsp3) is 0.650. The first-order valence-electron chi connectivity index (χ1n) is 9.54. The molecule has 1 amide bonds. The first-order chi connectivity index (χ1) is 12.4. The molecule has 0 unspecified atom stereocenters. The van der Waals surface area contributed by atoms with Gasteiger partial charge in [-0.2, -0.15) is 13.2 Å². The summed E-state index contributed by atoms with van der Waals surface area (Å²) < 4.78 is 39.0. The zero-order valence-corrected chi connectivity index (χ0v) is 16.2. The van der Waals surface area contributed by atoms with Gasteiger partial charge in [0.25, 0.3) is 0 Å². The van der Waals surface area contributed by atoms with E-state index >= 15 is 0 Å². The van der Waals surface area contributed by atoms with Gasteiger partial charge in [0, 0.05) is 18.4 Å². The maximum Gasteiger partial charge on any atom is 0.416 e. The third kappa shape index (κ3) is 5.61. The molecule has 0 bridgehead atoms. The minimum atomic E-state index is -4.33. The summed E-state index contributed by atoms with van der Waals surface area (Å²) in [6.45, 7) is 2.47. The van der Waals surface area contributed by atoms with Crippen molar-refractivity contribution in [2.45, 2.75) is 56.5 Å². The zero-order valence-electron chi connectivity index (χ0n) is 15.4. The smallest absolute Gasteiger partial charge is 0.355 e. The van der Waals surface area contributed by atoms with Gasteiger partial charge in [-0.25, -0.2) is 0 Å². The van der Waals surface area contributed by atoms with E-state index in [0.29, 0.717) is 24.4 Å². The van der Waals surface area contributed by atoms with Crippen molar-refractivity contribution < 1.29 is 18.0 Å². The average molecular weight is 405 g/mol. The van der Waals surface area contributed by atoms with Crippen LogP contribution in [0.3, 0.4) is 0 Å². The number of benzene rings is 1. The summed E-state index contributed by atoms with van der Waals surface area (Å²) in [5.41, 5.74) is -0.262. The zero-order chi connectivity index (χ0) is 18.6. The molecule has 0 radical (unpaired) electrons. The Morgan fingerprint density at radius 3 is 2.52 bits per heavy atom. The van der Waals surface area contributed by atoms with E-state index in [4.69, 9.17) is 0 Å². The average Bonchev–Trinajstić information content (AvgIpc) is 2.59. The Hall–Kier alpha value is -1.27. The molecule has 3 nitrogen and oxygen atoms in total. The molecule has 0 aromatic heterocycles. The highest BCUT2D eigenvalue weighted by molar-refractivity contribution is 5.85. The van der Waals surface area contributed by atoms with E-state index in [9.17, 15) is 18.0 Å². The molecule has 0 spiro atoms. The minimum absolute atomic E-state index is 0. The molecule has 1 saturated heterocycles. The number of alkyl halides is 3. The largest absolute Gasteiger partial charge is 0.416 e. The van der Waals surface area contributed by atoms with E-state index in [0.717, 1.165) is 57.7 Å². The molecule has 1 aliphatic carbocycles. The summed E-state index contributed by atoms with van der Waals surface area (Å²) in [5, 5.41) is 6.30. The number of hydrogen-bond acceptors (Lipinski definition) is 2. The van der Waals surface area contributed by atoms with Gasteiger partial charge in [-0.3, -0.25) is 4.79 Å². The van der Waals surface area contributed by atoms with Crippen molar-refractivity contribution >= 4 is 18.3 Å². The van der Waals surface area contributed by atoms with E-state index < -0.39 is 11.7 Å². The van der Waals surface area contributed by atoms with Crippen LogP contribution in [-0.4, -0.2) is 25.5 Å². The topological polar surface area (TPSA) is 41.1 Å². The first-order valence-corrected chi connectivity index (χ1v) is 9.54. The number of piperidine rings is 1. The van der Waals surface area contributed by atoms with Crippen molar-refractivity contribution in [1.82, 2.24) is 10.6 Å². The Balaban J connectivity index is 0.00000261. The van der Waals surface area contributed by atoms with Crippen molar-refractivity contribution in [3.8, 4) is 0 Å². The SMILES string of the molecule is Cl.O=C(CCC1CCNCC1)NCC1(c2cccc(C(F)(F)F)c2)CCC1. The Labute approximate surface area is 164 Å². The molecule has 7 heteroatoms. The van der Waals surface area contributed by atoms with Gasteiger partial charge in [-0.15, -0.1) is 12.4 Å². The molecule has 3 rings (SSSR count). The Kier molecular flexibility index (Phi) is 7.57. The molecule has 2 N–H and O–H groups in total. The van der Waals surface area contributed by atoms with Crippen LogP contribution in [0.4, 0.5) is 13.2 Å². The third-order valence-electron chi connectivity index (χ3n) is 5.98. The maximum absolute atomic E-state index is 13.0. The number of nitrogens with one attached hydrogen (secondary N) is 2. The summed E-state index contributed by atoms with van der Waals surface area (Å²) in [7, 11) is 0. The van der Waals surface area contributed by atoms with Crippen molar-refractivity contribution in [1.29, 1.82) is 0 Å². The molecule has 1 aromatic carbocycles. The molecule has 1 saturated carbocycles. The molecule has 27 heavy (non-hydrogen) atoms. The molecule has 152 valence electrons. The standard InChI is InChI=1S/C20H27F3N2O.ClH/c21-20(22,23)17-4-1-3-16(13-17)19(9-2-10-19)14-25-18(26)6-5-15-7-11-24-12-8-15;/h1,3-4,13,15,24H,2,5-12,14H2,(H,25,26);1H. The maximum atomic E-state index is 13.0. The van der Waals surface area contributed by atoms with Crippen molar-refractivity contribution in [3.05, 3.63) is 35.4 Å². The Morgan fingerprint density at radius 1 is 1.22 bits per heavy atom. The van der Waals surface area contributed by atoms with Crippen LogP contribution in [0.15, 0.2) is 24.3 Å². The second-order valence-corrected chi connectivity index (χ2v) is 7.72. The summed E-state index contributed by atoms with van der Waals surface area (Å²) in [6, 6.07) is 5.58. The Morgan fingerprint density at radius 2 is 1.93 bits per heavy atom. The lowest BCUT2D eigenvalue weighted by atomic mass is 9.64. The fourth-order valence-corrected chi connectivity index (χ4v) is 4.06. The van der Waals surface area contributed by atoms with Crippen LogP contribution in [0.1, 0.15) is 56.1 Å². The summed E-state index contributed by atoms with van der Waals surface area (Å²) >= 11 is 0. The van der Waals surface area contributed by atoms with Crippen molar-refractivity contribution in [2.75, 3.05) is 19.6 Å². The lowest BCUT2D eigenvalue weighted by Gasteiger charge is -2.43. The predicted molar refractivity (Wildman–Crippen MR) is 102 cm³/mol. The summed E-state index contributed by atoms with van der Waals surface area (Å²) in [6.07, 6.45) is 1.92. The van der Waals surface area contributed by atoms with Gasteiger partial charge < -0.3 is 10.6 Å². The van der Waals surface area contributed by atoms with Gasteiger partial charge in [0.05, 0.1) is 5.56 Å². The number of rotatable bonds is 6. The minimum Gasteiger partial charge on any atom is -0.355 e. The number of hydrogen-bond donors (Lipinski definition) is 2. The number of carbonyl (C=O) groups excluding carboxylic acids is 1. The second kappa shape index (κ2) is 9.28. The molecule has 2 aliphatic rings. The predicted octanol–water partition coefficient (Wildman–Crippen LogP) is 4.44. The highest BCUT2D eigenvalue weighted by atomic mass is 35.5. The van der Waals surface area contributed by atoms with Crippen molar-refractivity contribution in [3.63, 3.8) is 0 Å². The fourth-order valence-electron chi connectivity index (χ4n) is 4.06. The molecule has 1 aromatic rings. The lowest BCUT2D eigenvalue weighted by Crippen LogP contribution is -2.45. The second-order valence-electron chi connectivity index (χ2n) is 7.72. The first kappa shape index (κ1) is 22.0. The number of halogens is 4. The number of amides is 1. The van der Waals surface area contributed by atoms with Gasteiger partial charge in [0.2, 0.25) is 5.91 Å². The summed E-state index contributed by atoms with van der Waals surface area (Å²) in [5.74, 6) is 0.616. The van der Waals surface area contributed by atoms with E-state index in [1.807, 2.05) is 0 Å². The molecule has 2 fully saturated rings. The molecule has 1 heterocycles. The monoisotopic (exact) mass is 404 g/mol. The van der Waals surface area contributed by atoms with Crippen LogP contribution in [0, 0.1) is 5.92 Å². The quantitative estimate of drug-likeness (QED) is 0.735. The van der Waals surface area contributed by atoms with Gasteiger partial charge in [-0.1, -0.05) is 24.6 Å². The molecular formula is C20H28ClF3N2O. The molecule has 1 aliphatic heterocycles.